The Morgan fingerprint density at radius 3 is 2.79 bits per heavy atom. The molecule has 1 heterocycles. The van der Waals surface area contributed by atoms with E-state index in [0.717, 1.165) is 8.68 Å². The molecule has 0 spiro atoms. The van der Waals surface area contributed by atoms with Crippen molar-refractivity contribution in [1.29, 1.82) is 0 Å². The van der Waals surface area contributed by atoms with Crippen molar-refractivity contribution < 1.29 is 9.53 Å². The number of aromatic nitrogens is 2. The quantitative estimate of drug-likeness (QED) is 0.588. The van der Waals surface area contributed by atoms with Crippen molar-refractivity contribution in [2.75, 3.05) is 19.1 Å². The molecule has 0 saturated heterocycles. The van der Waals surface area contributed by atoms with E-state index in [9.17, 15) is 4.79 Å². The molecule has 78 valence electrons. The van der Waals surface area contributed by atoms with Crippen molar-refractivity contribution in [2.45, 2.75) is 15.1 Å². The van der Waals surface area contributed by atoms with Gasteiger partial charge in [-0.3, -0.25) is 4.79 Å². The SMILES string of the molecule is COC(=O)CCSc1nnc(SC)s1. The molecular weight excluding hydrogens is 240 g/mol. The van der Waals surface area contributed by atoms with Crippen molar-refractivity contribution in [3.8, 4) is 0 Å². The van der Waals surface area contributed by atoms with Gasteiger partial charge in [-0.2, -0.15) is 0 Å². The Morgan fingerprint density at radius 1 is 1.50 bits per heavy atom. The van der Waals surface area contributed by atoms with Gasteiger partial charge in [0.15, 0.2) is 8.68 Å². The van der Waals surface area contributed by atoms with Crippen LogP contribution in [0.15, 0.2) is 8.68 Å². The highest BCUT2D eigenvalue weighted by atomic mass is 32.2. The molecule has 0 radical (unpaired) electrons. The van der Waals surface area contributed by atoms with Crippen LogP contribution in [0.4, 0.5) is 0 Å². The van der Waals surface area contributed by atoms with Crippen molar-refractivity contribution >= 4 is 40.8 Å². The molecule has 0 aliphatic heterocycles. The van der Waals surface area contributed by atoms with Gasteiger partial charge in [-0.1, -0.05) is 34.9 Å². The molecular formula is C7H10N2O2S3. The van der Waals surface area contributed by atoms with E-state index in [1.54, 1.807) is 23.1 Å². The van der Waals surface area contributed by atoms with Gasteiger partial charge >= 0.3 is 5.97 Å². The number of esters is 1. The minimum absolute atomic E-state index is 0.188. The van der Waals surface area contributed by atoms with Crippen LogP contribution in [0.2, 0.25) is 0 Å². The summed E-state index contributed by atoms with van der Waals surface area (Å²) < 4.78 is 6.38. The molecule has 4 nitrogen and oxygen atoms in total. The highest BCUT2D eigenvalue weighted by Gasteiger charge is 2.05. The summed E-state index contributed by atoms with van der Waals surface area (Å²) >= 11 is 4.65. The van der Waals surface area contributed by atoms with Crippen LogP contribution < -0.4 is 0 Å². The molecule has 0 unspecified atom stereocenters. The second kappa shape index (κ2) is 6.26. The second-order valence-electron chi connectivity index (χ2n) is 2.21. The van der Waals surface area contributed by atoms with Crippen LogP contribution in [0.1, 0.15) is 6.42 Å². The first-order chi connectivity index (χ1) is 6.76. The van der Waals surface area contributed by atoms with Crippen LogP contribution in [0.3, 0.4) is 0 Å². The summed E-state index contributed by atoms with van der Waals surface area (Å²) in [6.45, 7) is 0. The molecule has 0 fully saturated rings. The lowest BCUT2D eigenvalue weighted by Crippen LogP contribution is -2.00. The van der Waals surface area contributed by atoms with Gasteiger partial charge in [0.05, 0.1) is 13.5 Å². The molecule has 0 saturated carbocycles. The number of thioether (sulfide) groups is 2. The number of ether oxygens (including phenoxy) is 1. The van der Waals surface area contributed by atoms with Crippen LogP contribution in [0.5, 0.6) is 0 Å². The lowest BCUT2D eigenvalue weighted by atomic mass is 10.5. The number of hydrogen-bond donors (Lipinski definition) is 0. The normalized spacial score (nSPS) is 10.1. The lowest BCUT2D eigenvalue weighted by molar-refractivity contribution is -0.140. The first-order valence-electron chi connectivity index (χ1n) is 3.83. The highest BCUT2D eigenvalue weighted by Crippen LogP contribution is 2.27. The first-order valence-corrected chi connectivity index (χ1v) is 6.86. The molecule has 1 aromatic heterocycles. The van der Waals surface area contributed by atoms with E-state index in [1.165, 1.54) is 18.9 Å². The summed E-state index contributed by atoms with van der Waals surface area (Å²) in [6.07, 6.45) is 2.37. The predicted molar refractivity (Wildman–Crippen MR) is 59.0 cm³/mol. The monoisotopic (exact) mass is 250 g/mol. The van der Waals surface area contributed by atoms with Gasteiger partial charge in [-0.15, -0.1) is 10.2 Å². The van der Waals surface area contributed by atoms with Crippen molar-refractivity contribution in [3.63, 3.8) is 0 Å². The number of carbonyl (C=O) groups is 1. The summed E-state index contributed by atoms with van der Waals surface area (Å²) in [5.41, 5.74) is 0. The highest BCUT2D eigenvalue weighted by molar-refractivity contribution is 8.02. The number of rotatable bonds is 5. The zero-order valence-electron chi connectivity index (χ0n) is 7.85. The Bertz CT molecular complexity index is 303. The number of carbonyl (C=O) groups excluding carboxylic acids is 1. The molecule has 0 bridgehead atoms. The first kappa shape index (κ1) is 11.8. The van der Waals surface area contributed by atoms with E-state index >= 15 is 0 Å². The fourth-order valence-electron chi connectivity index (χ4n) is 0.662. The Morgan fingerprint density at radius 2 is 2.21 bits per heavy atom. The average molecular weight is 250 g/mol. The molecule has 0 atom stereocenters. The Kier molecular flexibility index (Phi) is 5.28. The maximum absolute atomic E-state index is 10.8. The van der Waals surface area contributed by atoms with Crippen LogP contribution in [0.25, 0.3) is 0 Å². The molecule has 0 N–H and O–H groups in total. The Balaban J connectivity index is 2.27. The van der Waals surface area contributed by atoms with Crippen LogP contribution in [-0.2, 0) is 9.53 Å². The largest absolute Gasteiger partial charge is 0.469 e. The third kappa shape index (κ3) is 3.85. The molecule has 1 aromatic rings. The lowest BCUT2D eigenvalue weighted by Gasteiger charge is -1.95. The summed E-state index contributed by atoms with van der Waals surface area (Å²) in [5, 5.41) is 7.92. The van der Waals surface area contributed by atoms with Gasteiger partial charge in [-0.25, -0.2) is 0 Å². The fraction of sp³-hybridized carbons (Fsp3) is 0.571. The molecule has 1 rings (SSSR count). The predicted octanol–water partition coefficient (Wildman–Crippen LogP) is 1.92. The zero-order chi connectivity index (χ0) is 10.4. The molecule has 14 heavy (non-hydrogen) atoms. The average Bonchev–Trinajstić information content (AvgIpc) is 2.65. The molecule has 0 amide bonds. The Labute approximate surface area is 94.8 Å². The van der Waals surface area contributed by atoms with Crippen LogP contribution >= 0.6 is 34.9 Å². The minimum Gasteiger partial charge on any atom is -0.469 e. The van der Waals surface area contributed by atoms with Gasteiger partial charge in [0.25, 0.3) is 0 Å². The van der Waals surface area contributed by atoms with E-state index < -0.39 is 0 Å². The maximum atomic E-state index is 10.8. The Hall–Kier alpha value is -0.270. The standard InChI is InChI=1S/C7H10N2O2S3/c1-11-5(10)3-4-13-7-9-8-6(12-2)14-7/h3-4H2,1-2H3. The van der Waals surface area contributed by atoms with Crippen LogP contribution in [-0.4, -0.2) is 35.3 Å². The molecule has 0 aromatic carbocycles. The second-order valence-corrected chi connectivity index (χ2v) is 5.59. The summed E-state index contributed by atoms with van der Waals surface area (Å²) in [6, 6.07) is 0. The van der Waals surface area contributed by atoms with E-state index in [2.05, 4.69) is 14.9 Å². The van der Waals surface area contributed by atoms with Gasteiger partial charge < -0.3 is 4.74 Å². The maximum Gasteiger partial charge on any atom is 0.306 e. The zero-order valence-corrected chi connectivity index (χ0v) is 10.3. The van der Waals surface area contributed by atoms with E-state index in [4.69, 9.17) is 0 Å². The van der Waals surface area contributed by atoms with Gasteiger partial charge in [0.1, 0.15) is 0 Å². The van der Waals surface area contributed by atoms with Crippen LogP contribution in [0, 0.1) is 0 Å². The number of methoxy groups -OCH3 is 1. The summed E-state index contributed by atoms with van der Waals surface area (Å²) in [7, 11) is 1.39. The van der Waals surface area contributed by atoms with Gasteiger partial charge in [0.2, 0.25) is 0 Å². The van der Waals surface area contributed by atoms with E-state index in [-0.39, 0.29) is 5.97 Å². The van der Waals surface area contributed by atoms with Gasteiger partial charge in [-0.05, 0) is 6.26 Å². The topological polar surface area (TPSA) is 52.1 Å². The number of nitrogens with zero attached hydrogens (tertiary/aromatic N) is 2. The van der Waals surface area contributed by atoms with Crippen molar-refractivity contribution in [3.05, 3.63) is 0 Å². The third-order valence-electron chi connectivity index (χ3n) is 1.32. The smallest absolute Gasteiger partial charge is 0.306 e. The van der Waals surface area contributed by atoms with Gasteiger partial charge in [0, 0.05) is 5.75 Å². The molecule has 7 heteroatoms. The van der Waals surface area contributed by atoms with Crippen molar-refractivity contribution in [2.24, 2.45) is 0 Å². The summed E-state index contributed by atoms with van der Waals surface area (Å²) in [4.78, 5) is 10.8. The van der Waals surface area contributed by atoms with Crippen molar-refractivity contribution in [1.82, 2.24) is 10.2 Å². The molecule has 0 aliphatic rings. The fourth-order valence-corrected chi connectivity index (χ4v) is 3.09. The minimum atomic E-state index is -0.188. The van der Waals surface area contributed by atoms with E-state index in [0.29, 0.717) is 12.2 Å². The third-order valence-corrected chi connectivity index (χ3v) is 4.36. The van der Waals surface area contributed by atoms with E-state index in [1.807, 2.05) is 6.26 Å². The summed E-state index contributed by atoms with van der Waals surface area (Å²) in [5.74, 6) is 0.502. The number of hydrogen-bond acceptors (Lipinski definition) is 7. The molecule has 0 aliphatic carbocycles.